The van der Waals surface area contributed by atoms with Crippen LogP contribution >= 0.6 is 11.3 Å². The van der Waals surface area contributed by atoms with Crippen LogP contribution in [-0.4, -0.2) is 71.8 Å². The highest BCUT2D eigenvalue weighted by molar-refractivity contribution is 7.10. The lowest BCUT2D eigenvalue weighted by molar-refractivity contribution is -0.138. The van der Waals surface area contributed by atoms with Crippen LogP contribution in [0.15, 0.2) is 47.0 Å². The standard InChI is InChI=1S/C26H27F3N6O4S/c1-15-13-33(7-8-34(15)21-12-22(39-3)31-14-30-21)25-32-17-6-9-40-24(17)19(11-23(36)37)35(25)18-10-16(26(27,28)29)4-5-20(18)38-2/h4-6,9-10,12,14-15,19H,7-8,11,13H2,1-3H3,(H,36,37)/t15-,19-/m1/s1. The van der Waals surface area contributed by atoms with Gasteiger partial charge in [-0.1, -0.05) is 0 Å². The smallest absolute Gasteiger partial charge is 0.416 e. The maximum absolute atomic E-state index is 13.8. The van der Waals surface area contributed by atoms with Gasteiger partial charge in [0.15, 0.2) is 0 Å². The molecule has 5 rings (SSSR count). The molecular weight excluding hydrogens is 549 g/mol. The highest BCUT2D eigenvalue weighted by atomic mass is 32.1. The van der Waals surface area contributed by atoms with Crippen molar-refractivity contribution in [1.29, 1.82) is 0 Å². The minimum atomic E-state index is -4.61. The molecule has 14 heteroatoms. The number of carbonyl (C=O) groups is 1. The predicted molar refractivity (Wildman–Crippen MR) is 144 cm³/mol. The van der Waals surface area contributed by atoms with Crippen molar-refractivity contribution in [3.63, 3.8) is 0 Å². The fraction of sp³-hybridized carbons (Fsp3) is 0.385. The molecule has 10 nitrogen and oxygen atoms in total. The fourth-order valence-electron chi connectivity index (χ4n) is 5.06. The first-order valence-electron chi connectivity index (χ1n) is 12.4. The molecule has 0 unspecified atom stereocenters. The molecule has 2 aromatic heterocycles. The molecule has 2 aliphatic heterocycles. The van der Waals surface area contributed by atoms with Gasteiger partial charge < -0.3 is 24.4 Å². The number of fused-ring (bicyclic) bond motifs is 1. The summed E-state index contributed by atoms with van der Waals surface area (Å²) in [4.78, 5) is 31.6. The Morgan fingerprint density at radius 3 is 2.62 bits per heavy atom. The minimum Gasteiger partial charge on any atom is -0.495 e. The van der Waals surface area contributed by atoms with E-state index in [2.05, 4.69) is 14.9 Å². The first-order chi connectivity index (χ1) is 19.1. The molecule has 0 bridgehead atoms. The lowest BCUT2D eigenvalue weighted by atomic mass is 10.0. The number of thiophene rings is 1. The Hall–Kier alpha value is -4.07. The molecular formula is C26H27F3N6O4S. The van der Waals surface area contributed by atoms with Gasteiger partial charge >= 0.3 is 12.1 Å². The molecule has 1 N–H and O–H groups in total. The summed E-state index contributed by atoms with van der Waals surface area (Å²) in [5.74, 6) is 0.570. The van der Waals surface area contributed by atoms with Gasteiger partial charge in [-0.3, -0.25) is 9.69 Å². The van der Waals surface area contributed by atoms with Crippen LogP contribution in [-0.2, 0) is 11.0 Å². The lowest BCUT2D eigenvalue weighted by Gasteiger charge is -2.46. The maximum Gasteiger partial charge on any atom is 0.416 e. The van der Waals surface area contributed by atoms with Crippen LogP contribution < -0.4 is 19.3 Å². The minimum absolute atomic E-state index is 0.0805. The molecule has 4 heterocycles. The number of carboxylic acid groups (broad SMARTS) is 1. The van der Waals surface area contributed by atoms with E-state index in [1.165, 1.54) is 38.0 Å². The predicted octanol–water partition coefficient (Wildman–Crippen LogP) is 4.81. The van der Waals surface area contributed by atoms with Crippen LogP contribution in [0.1, 0.15) is 29.8 Å². The Morgan fingerprint density at radius 2 is 1.95 bits per heavy atom. The Kier molecular flexibility index (Phi) is 7.45. The summed E-state index contributed by atoms with van der Waals surface area (Å²) in [5, 5.41) is 11.6. The van der Waals surface area contributed by atoms with Crippen molar-refractivity contribution in [1.82, 2.24) is 14.9 Å². The number of methoxy groups -OCH3 is 2. The van der Waals surface area contributed by atoms with Crippen molar-refractivity contribution >= 4 is 40.5 Å². The van der Waals surface area contributed by atoms with Crippen molar-refractivity contribution in [2.45, 2.75) is 31.6 Å². The quantitative estimate of drug-likeness (QED) is 0.443. The Morgan fingerprint density at radius 1 is 1.15 bits per heavy atom. The van der Waals surface area contributed by atoms with Gasteiger partial charge in [-0.25, -0.2) is 15.0 Å². The monoisotopic (exact) mass is 576 g/mol. The van der Waals surface area contributed by atoms with E-state index in [9.17, 15) is 23.1 Å². The van der Waals surface area contributed by atoms with Gasteiger partial charge in [0.05, 0.1) is 48.5 Å². The number of hydrogen-bond donors (Lipinski definition) is 1. The topological polar surface area (TPSA) is 104 Å². The third-order valence-corrected chi connectivity index (χ3v) is 7.91. The highest BCUT2D eigenvalue weighted by Gasteiger charge is 2.41. The van der Waals surface area contributed by atoms with Crippen LogP contribution in [0, 0.1) is 0 Å². The third-order valence-electron chi connectivity index (χ3n) is 6.90. The molecule has 1 fully saturated rings. The van der Waals surface area contributed by atoms with E-state index in [0.717, 1.165) is 12.1 Å². The summed E-state index contributed by atoms with van der Waals surface area (Å²) in [6.07, 6.45) is -3.53. The number of carboxylic acids is 1. The summed E-state index contributed by atoms with van der Waals surface area (Å²) in [5.41, 5.74) is -0.175. The zero-order valence-corrected chi connectivity index (χ0v) is 22.7. The lowest BCUT2D eigenvalue weighted by Crippen LogP contribution is -2.58. The second-order valence-electron chi connectivity index (χ2n) is 9.36. The number of benzene rings is 1. The van der Waals surface area contributed by atoms with Crippen LogP contribution in [0.5, 0.6) is 11.6 Å². The van der Waals surface area contributed by atoms with E-state index < -0.39 is 23.8 Å². The van der Waals surface area contributed by atoms with Gasteiger partial charge in [-0.2, -0.15) is 13.2 Å². The average Bonchev–Trinajstić information content (AvgIpc) is 3.40. The van der Waals surface area contributed by atoms with Crippen molar-refractivity contribution < 1.29 is 32.5 Å². The molecule has 40 heavy (non-hydrogen) atoms. The number of piperazine rings is 1. The normalized spacial score (nSPS) is 19.2. The first kappa shape index (κ1) is 27.5. The van der Waals surface area contributed by atoms with E-state index in [1.807, 2.05) is 11.8 Å². The van der Waals surface area contributed by atoms with Crippen LogP contribution in [0.3, 0.4) is 0 Å². The van der Waals surface area contributed by atoms with Gasteiger partial charge in [0, 0.05) is 31.7 Å². The zero-order chi connectivity index (χ0) is 28.6. The number of aromatic nitrogens is 2. The molecule has 0 radical (unpaired) electrons. The number of aliphatic carboxylic acids is 1. The number of halogens is 3. The van der Waals surface area contributed by atoms with E-state index in [4.69, 9.17) is 14.5 Å². The molecule has 0 amide bonds. The Bertz CT molecular complexity index is 1430. The summed E-state index contributed by atoms with van der Waals surface area (Å²) in [6, 6.07) is 5.85. The number of guanidine groups is 1. The SMILES string of the molecule is COc1cc(N2CCN(C3=Nc4ccsc4[C@@H](CC(=O)O)N3c3cc(C(F)(F)F)ccc3OC)C[C@H]2C)ncn1. The van der Waals surface area contributed by atoms with Gasteiger partial charge in [0.2, 0.25) is 11.8 Å². The summed E-state index contributed by atoms with van der Waals surface area (Å²) in [7, 11) is 2.89. The molecule has 0 spiro atoms. The number of alkyl halides is 3. The maximum atomic E-state index is 13.8. The second-order valence-corrected chi connectivity index (χ2v) is 10.3. The zero-order valence-electron chi connectivity index (χ0n) is 21.9. The molecule has 1 aromatic carbocycles. The number of nitrogens with zero attached hydrogens (tertiary/aromatic N) is 6. The fourth-order valence-corrected chi connectivity index (χ4v) is 5.98. The van der Waals surface area contributed by atoms with E-state index in [0.29, 0.717) is 47.9 Å². The number of rotatable bonds is 6. The van der Waals surface area contributed by atoms with E-state index in [1.54, 1.807) is 22.4 Å². The molecule has 1 saturated heterocycles. The molecule has 212 valence electrons. The summed E-state index contributed by atoms with van der Waals surface area (Å²) < 4.78 is 52.1. The summed E-state index contributed by atoms with van der Waals surface area (Å²) >= 11 is 1.32. The van der Waals surface area contributed by atoms with Gasteiger partial charge in [0.1, 0.15) is 17.9 Å². The van der Waals surface area contributed by atoms with Gasteiger partial charge in [0.25, 0.3) is 0 Å². The van der Waals surface area contributed by atoms with Gasteiger partial charge in [-0.15, -0.1) is 11.3 Å². The summed E-state index contributed by atoms with van der Waals surface area (Å²) in [6.45, 7) is 3.42. The first-order valence-corrected chi connectivity index (χ1v) is 13.3. The number of aliphatic imine (C=N–C) groups is 1. The van der Waals surface area contributed by atoms with Gasteiger partial charge in [-0.05, 0) is 36.6 Å². The molecule has 3 aromatic rings. The Balaban J connectivity index is 1.58. The third kappa shape index (κ3) is 5.22. The van der Waals surface area contributed by atoms with Crippen LogP contribution in [0.4, 0.5) is 30.4 Å². The highest BCUT2D eigenvalue weighted by Crippen LogP contribution is 2.47. The van der Waals surface area contributed by atoms with Crippen LogP contribution in [0.25, 0.3) is 0 Å². The molecule has 2 aliphatic rings. The van der Waals surface area contributed by atoms with E-state index >= 15 is 0 Å². The Labute approximate surface area is 232 Å². The molecule has 0 saturated carbocycles. The van der Waals surface area contributed by atoms with Crippen LogP contribution in [0.2, 0.25) is 0 Å². The molecule has 2 atom stereocenters. The van der Waals surface area contributed by atoms with E-state index in [-0.39, 0.29) is 23.9 Å². The second kappa shape index (κ2) is 10.8. The molecule has 0 aliphatic carbocycles. The number of hydrogen-bond acceptors (Lipinski definition) is 10. The van der Waals surface area contributed by atoms with Crippen molar-refractivity contribution in [3.8, 4) is 11.6 Å². The number of ether oxygens (including phenoxy) is 2. The number of anilines is 2. The van der Waals surface area contributed by atoms with Crippen molar-refractivity contribution in [3.05, 3.63) is 52.5 Å². The average molecular weight is 577 g/mol. The van der Waals surface area contributed by atoms with Crippen molar-refractivity contribution in [2.24, 2.45) is 4.99 Å². The largest absolute Gasteiger partial charge is 0.495 e. The van der Waals surface area contributed by atoms with Crippen molar-refractivity contribution in [2.75, 3.05) is 43.7 Å².